The molecule has 1 nitrogen and oxygen atoms in total. The van der Waals surface area contributed by atoms with Gasteiger partial charge in [0.25, 0.3) is 0 Å². The van der Waals surface area contributed by atoms with Gasteiger partial charge in [0.05, 0.1) is 0 Å². The Morgan fingerprint density at radius 2 is 1.58 bits per heavy atom. The fourth-order valence-corrected chi connectivity index (χ4v) is 4.85. The van der Waals surface area contributed by atoms with Gasteiger partial charge in [0.15, 0.2) is 0 Å². The van der Waals surface area contributed by atoms with Gasteiger partial charge in [-0.1, -0.05) is 63.3 Å². The molecule has 0 atom stereocenters. The van der Waals surface area contributed by atoms with Gasteiger partial charge < -0.3 is 5.32 Å². The van der Waals surface area contributed by atoms with E-state index < -0.39 is 0 Å². The van der Waals surface area contributed by atoms with Crippen LogP contribution in [0.15, 0.2) is 54.6 Å². The Labute approximate surface area is 160 Å². The van der Waals surface area contributed by atoms with E-state index in [4.69, 9.17) is 0 Å². The van der Waals surface area contributed by atoms with Gasteiger partial charge in [-0.15, -0.1) is 11.3 Å². The molecule has 4 aromatic rings. The Morgan fingerprint density at radius 3 is 2.50 bits per heavy atom. The van der Waals surface area contributed by atoms with Crippen molar-refractivity contribution in [2.75, 3.05) is 11.9 Å². The van der Waals surface area contributed by atoms with Crippen molar-refractivity contribution in [1.82, 2.24) is 0 Å². The Morgan fingerprint density at radius 1 is 0.731 bits per heavy atom. The molecule has 4 rings (SSSR count). The molecular weight excluding hydrogens is 334 g/mol. The van der Waals surface area contributed by atoms with Gasteiger partial charge in [0, 0.05) is 32.4 Å². The summed E-state index contributed by atoms with van der Waals surface area (Å²) >= 11 is 1.89. The van der Waals surface area contributed by atoms with Crippen molar-refractivity contribution in [1.29, 1.82) is 0 Å². The highest BCUT2D eigenvalue weighted by Crippen LogP contribution is 2.36. The number of unbranched alkanes of at least 4 members (excludes halogenated alkanes) is 5. The summed E-state index contributed by atoms with van der Waals surface area (Å²) < 4.78 is 2.76. The first-order valence-corrected chi connectivity index (χ1v) is 10.8. The van der Waals surface area contributed by atoms with Crippen molar-refractivity contribution < 1.29 is 0 Å². The van der Waals surface area contributed by atoms with Gasteiger partial charge in [0.2, 0.25) is 0 Å². The summed E-state index contributed by atoms with van der Waals surface area (Å²) in [4.78, 5) is 0. The number of rotatable bonds is 8. The molecule has 26 heavy (non-hydrogen) atoms. The molecule has 0 saturated carbocycles. The van der Waals surface area contributed by atoms with E-state index in [0.717, 1.165) is 6.54 Å². The van der Waals surface area contributed by atoms with Gasteiger partial charge in [0.1, 0.15) is 0 Å². The van der Waals surface area contributed by atoms with Crippen molar-refractivity contribution in [2.45, 2.75) is 45.4 Å². The summed E-state index contributed by atoms with van der Waals surface area (Å²) in [5, 5.41) is 9.02. The van der Waals surface area contributed by atoms with E-state index in [9.17, 15) is 0 Å². The third-order valence-corrected chi connectivity index (χ3v) is 6.33. The summed E-state index contributed by atoms with van der Waals surface area (Å²) in [6.45, 7) is 3.34. The summed E-state index contributed by atoms with van der Waals surface area (Å²) in [6, 6.07) is 20.2. The fourth-order valence-electron chi connectivity index (χ4n) is 3.72. The van der Waals surface area contributed by atoms with Crippen LogP contribution in [0.5, 0.6) is 0 Å². The summed E-state index contributed by atoms with van der Waals surface area (Å²) in [5.41, 5.74) is 1.24. The highest BCUT2D eigenvalue weighted by molar-refractivity contribution is 7.25. The Balaban J connectivity index is 1.48. The molecule has 0 aliphatic heterocycles. The molecule has 1 heterocycles. The van der Waals surface area contributed by atoms with E-state index in [0.29, 0.717) is 0 Å². The average Bonchev–Trinajstić information content (AvgIpc) is 3.03. The zero-order chi connectivity index (χ0) is 17.8. The van der Waals surface area contributed by atoms with Crippen LogP contribution in [0.3, 0.4) is 0 Å². The van der Waals surface area contributed by atoms with Crippen LogP contribution in [0.2, 0.25) is 0 Å². The van der Waals surface area contributed by atoms with Crippen molar-refractivity contribution in [3.8, 4) is 0 Å². The second kappa shape index (κ2) is 8.09. The molecule has 3 aromatic carbocycles. The van der Waals surface area contributed by atoms with E-state index in [1.54, 1.807) is 0 Å². The molecule has 134 valence electrons. The molecule has 0 spiro atoms. The Kier molecular flexibility index (Phi) is 5.40. The minimum absolute atomic E-state index is 1.07. The lowest BCUT2D eigenvalue weighted by atomic mass is 10.1. The van der Waals surface area contributed by atoms with Crippen LogP contribution >= 0.6 is 11.3 Å². The number of fused-ring (bicyclic) bond motifs is 4. The van der Waals surface area contributed by atoms with Crippen LogP contribution in [-0.2, 0) is 0 Å². The maximum Gasteiger partial charge on any atom is 0.0361 e. The Bertz CT molecular complexity index is 1010. The number of anilines is 1. The van der Waals surface area contributed by atoms with Gasteiger partial charge in [-0.2, -0.15) is 0 Å². The third-order valence-electron chi connectivity index (χ3n) is 5.20. The second-order valence-corrected chi connectivity index (χ2v) is 8.29. The van der Waals surface area contributed by atoms with E-state index in [2.05, 4.69) is 66.8 Å². The summed E-state index contributed by atoms with van der Waals surface area (Å²) in [6.07, 6.45) is 8.06. The molecule has 0 radical (unpaired) electrons. The predicted molar refractivity (Wildman–Crippen MR) is 119 cm³/mol. The highest BCUT2D eigenvalue weighted by Gasteiger charge is 2.06. The topological polar surface area (TPSA) is 12.0 Å². The molecule has 2 heteroatoms. The molecule has 0 saturated heterocycles. The molecular formula is C24H27NS. The molecule has 0 amide bonds. The summed E-state index contributed by atoms with van der Waals surface area (Å²) in [5.74, 6) is 0. The molecule has 1 aromatic heterocycles. The average molecular weight is 362 g/mol. The number of hydrogen-bond acceptors (Lipinski definition) is 2. The minimum atomic E-state index is 1.07. The van der Waals surface area contributed by atoms with Crippen LogP contribution in [-0.4, -0.2) is 6.54 Å². The van der Waals surface area contributed by atoms with Crippen molar-refractivity contribution in [3.05, 3.63) is 54.6 Å². The largest absolute Gasteiger partial charge is 0.385 e. The lowest BCUT2D eigenvalue weighted by Crippen LogP contribution is -2.01. The van der Waals surface area contributed by atoms with E-state index in [1.165, 1.54) is 75.2 Å². The van der Waals surface area contributed by atoms with Crippen LogP contribution < -0.4 is 5.32 Å². The first kappa shape index (κ1) is 17.4. The maximum absolute atomic E-state index is 3.61. The van der Waals surface area contributed by atoms with Crippen LogP contribution in [0.1, 0.15) is 45.4 Å². The first-order valence-electron chi connectivity index (χ1n) is 9.94. The zero-order valence-electron chi connectivity index (χ0n) is 15.6. The third kappa shape index (κ3) is 3.71. The highest BCUT2D eigenvalue weighted by atomic mass is 32.1. The van der Waals surface area contributed by atoms with Crippen LogP contribution in [0.25, 0.3) is 30.9 Å². The number of thiophene rings is 1. The lowest BCUT2D eigenvalue weighted by molar-refractivity contribution is 0.617. The second-order valence-electron chi connectivity index (χ2n) is 7.20. The van der Waals surface area contributed by atoms with Crippen molar-refractivity contribution in [3.63, 3.8) is 0 Å². The number of hydrogen-bond donors (Lipinski definition) is 1. The SMILES string of the molecule is CCCCCCCCNc1ccc2cc3c(cc2c1)sc1ccccc13. The molecule has 0 unspecified atom stereocenters. The predicted octanol–water partition coefficient (Wildman–Crippen LogP) is 7.98. The molecule has 0 fully saturated rings. The summed E-state index contributed by atoms with van der Waals surface area (Å²) in [7, 11) is 0. The zero-order valence-corrected chi connectivity index (χ0v) is 16.4. The molecule has 1 N–H and O–H groups in total. The molecule has 0 bridgehead atoms. The van der Waals surface area contributed by atoms with Crippen LogP contribution in [0, 0.1) is 0 Å². The lowest BCUT2D eigenvalue weighted by Gasteiger charge is -2.08. The number of benzene rings is 3. The number of nitrogens with one attached hydrogen (secondary N) is 1. The maximum atomic E-state index is 3.61. The van der Waals surface area contributed by atoms with Gasteiger partial charge >= 0.3 is 0 Å². The quantitative estimate of drug-likeness (QED) is 0.314. The van der Waals surface area contributed by atoms with Gasteiger partial charge in [-0.05, 0) is 47.5 Å². The van der Waals surface area contributed by atoms with Gasteiger partial charge in [-0.3, -0.25) is 0 Å². The smallest absolute Gasteiger partial charge is 0.0361 e. The normalized spacial score (nSPS) is 11.6. The van der Waals surface area contributed by atoms with Crippen molar-refractivity contribution in [2.24, 2.45) is 0 Å². The minimum Gasteiger partial charge on any atom is -0.385 e. The standard InChI is InChI=1S/C24H27NS/c1-2-3-4-5-6-9-14-25-20-13-12-18-16-22-21-10-7-8-11-23(21)26-24(22)17-19(18)15-20/h7-8,10-13,15-17,25H,2-6,9,14H2,1H3. The molecule has 0 aliphatic carbocycles. The van der Waals surface area contributed by atoms with Crippen molar-refractivity contribution >= 4 is 48.0 Å². The fraction of sp³-hybridized carbons (Fsp3) is 0.333. The molecule has 0 aliphatic rings. The van der Waals surface area contributed by atoms with E-state index >= 15 is 0 Å². The van der Waals surface area contributed by atoms with E-state index in [-0.39, 0.29) is 0 Å². The first-order chi connectivity index (χ1) is 12.8. The van der Waals surface area contributed by atoms with Crippen LogP contribution in [0.4, 0.5) is 5.69 Å². The Hall–Kier alpha value is -2.06. The monoisotopic (exact) mass is 361 g/mol. The van der Waals surface area contributed by atoms with E-state index in [1.807, 2.05) is 11.3 Å². The van der Waals surface area contributed by atoms with Gasteiger partial charge in [-0.25, -0.2) is 0 Å².